The van der Waals surface area contributed by atoms with Crippen LogP contribution in [0.3, 0.4) is 0 Å². The van der Waals surface area contributed by atoms with Gasteiger partial charge < -0.3 is 4.74 Å². The van der Waals surface area contributed by atoms with Gasteiger partial charge in [0.2, 0.25) is 0 Å². The van der Waals surface area contributed by atoms with Crippen molar-refractivity contribution in [2.45, 2.75) is 117 Å². The first-order chi connectivity index (χ1) is 14.8. The number of nitrogens with zero attached hydrogens (tertiary/aromatic N) is 2. The molecule has 3 heteroatoms. The summed E-state index contributed by atoms with van der Waals surface area (Å²) >= 11 is 0. The lowest BCUT2D eigenvalue weighted by molar-refractivity contribution is -0.0175. The van der Waals surface area contributed by atoms with Crippen LogP contribution in [-0.2, 0) is 0 Å². The highest BCUT2D eigenvalue weighted by atomic mass is 16.5. The molecule has 0 amide bonds. The fourth-order valence-electron chi connectivity index (χ4n) is 6.71. The van der Waals surface area contributed by atoms with Crippen molar-refractivity contribution < 1.29 is 4.74 Å². The predicted octanol–water partition coefficient (Wildman–Crippen LogP) is 8.00. The molecule has 2 saturated carbocycles. The zero-order valence-electron chi connectivity index (χ0n) is 19.8. The van der Waals surface area contributed by atoms with E-state index in [1.165, 1.54) is 103 Å². The first-order valence-corrected chi connectivity index (χ1v) is 13.2. The van der Waals surface area contributed by atoms with Crippen LogP contribution in [0.15, 0.2) is 18.5 Å². The SMILES string of the molecule is CCCCCCCC1([C@H]2CCCC[C@@H]2C(CC)COc2ncccn2)CCCCC1. The van der Waals surface area contributed by atoms with Crippen LogP contribution in [0.25, 0.3) is 0 Å². The fourth-order valence-corrected chi connectivity index (χ4v) is 6.71. The third-order valence-electron chi connectivity index (χ3n) is 8.33. The lowest BCUT2D eigenvalue weighted by Gasteiger charge is -2.51. The summed E-state index contributed by atoms with van der Waals surface area (Å²) in [6.07, 6.45) is 26.4. The van der Waals surface area contributed by atoms with Crippen molar-refractivity contribution in [2.75, 3.05) is 6.61 Å². The van der Waals surface area contributed by atoms with Crippen molar-refractivity contribution in [1.29, 1.82) is 0 Å². The normalized spacial score (nSPS) is 25.0. The van der Waals surface area contributed by atoms with Crippen LogP contribution in [0, 0.1) is 23.2 Å². The molecule has 0 spiro atoms. The Kier molecular flexibility index (Phi) is 9.94. The summed E-state index contributed by atoms with van der Waals surface area (Å²) in [5.74, 6) is 2.36. The number of rotatable bonds is 12. The maximum Gasteiger partial charge on any atom is 0.316 e. The van der Waals surface area contributed by atoms with Crippen molar-refractivity contribution in [1.82, 2.24) is 9.97 Å². The number of hydrogen-bond acceptors (Lipinski definition) is 3. The molecule has 1 aromatic heterocycles. The Hall–Kier alpha value is -1.12. The second kappa shape index (κ2) is 12.7. The zero-order chi connectivity index (χ0) is 21.1. The molecular weight excluding hydrogens is 368 g/mol. The highest BCUT2D eigenvalue weighted by molar-refractivity contribution is 4.97. The molecule has 1 unspecified atom stereocenters. The summed E-state index contributed by atoms with van der Waals surface area (Å²) in [5, 5.41) is 0. The summed E-state index contributed by atoms with van der Waals surface area (Å²) in [5.41, 5.74) is 0.617. The maximum atomic E-state index is 6.08. The van der Waals surface area contributed by atoms with Gasteiger partial charge in [-0.05, 0) is 67.8 Å². The molecule has 1 aromatic rings. The Labute approximate surface area is 185 Å². The van der Waals surface area contributed by atoms with E-state index in [1.54, 1.807) is 12.4 Å². The van der Waals surface area contributed by atoms with Crippen LogP contribution in [0.5, 0.6) is 6.01 Å². The summed E-state index contributed by atoms with van der Waals surface area (Å²) in [7, 11) is 0. The third-order valence-corrected chi connectivity index (χ3v) is 8.33. The molecule has 0 saturated heterocycles. The van der Waals surface area contributed by atoms with Gasteiger partial charge in [0.15, 0.2) is 0 Å². The van der Waals surface area contributed by atoms with Gasteiger partial charge in [-0.3, -0.25) is 0 Å². The zero-order valence-corrected chi connectivity index (χ0v) is 19.8. The number of unbranched alkanes of at least 4 members (excludes halogenated alkanes) is 4. The molecule has 2 aliphatic carbocycles. The Morgan fingerprint density at radius 3 is 2.40 bits per heavy atom. The first kappa shape index (κ1) is 23.5. The van der Waals surface area contributed by atoms with E-state index in [9.17, 15) is 0 Å². The van der Waals surface area contributed by atoms with E-state index in [2.05, 4.69) is 23.8 Å². The lowest BCUT2D eigenvalue weighted by Crippen LogP contribution is -2.42. The third kappa shape index (κ3) is 6.44. The Morgan fingerprint density at radius 1 is 0.933 bits per heavy atom. The van der Waals surface area contributed by atoms with E-state index in [0.717, 1.165) is 18.4 Å². The van der Waals surface area contributed by atoms with Gasteiger partial charge >= 0.3 is 6.01 Å². The molecule has 0 aromatic carbocycles. The van der Waals surface area contributed by atoms with Crippen molar-refractivity contribution >= 4 is 0 Å². The molecule has 0 N–H and O–H groups in total. The molecule has 1 heterocycles. The number of hydrogen-bond donors (Lipinski definition) is 0. The quantitative estimate of drug-likeness (QED) is 0.325. The van der Waals surface area contributed by atoms with Gasteiger partial charge in [-0.25, -0.2) is 9.97 Å². The standard InChI is InChI=1S/C27H46N2O/c1-3-5-6-7-11-17-27(18-12-8-13-19-27)25-16-10-9-15-24(25)23(4-2)22-30-26-28-20-14-21-29-26/h14,20-21,23-25H,3-13,15-19,22H2,1-2H3/t23?,24-,25+/m1/s1. The van der Waals surface area contributed by atoms with Crippen molar-refractivity contribution in [3.05, 3.63) is 18.5 Å². The molecular formula is C27H46N2O. The van der Waals surface area contributed by atoms with Gasteiger partial charge in [0, 0.05) is 12.4 Å². The Balaban J connectivity index is 1.68. The minimum atomic E-state index is 0.548. The molecule has 3 rings (SSSR count). The van der Waals surface area contributed by atoms with Gasteiger partial charge in [0.1, 0.15) is 0 Å². The van der Waals surface area contributed by atoms with Crippen molar-refractivity contribution in [3.8, 4) is 6.01 Å². The molecule has 170 valence electrons. The van der Waals surface area contributed by atoms with Crippen molar-refractivity contribution in [3.63, 3.8) is 0 Å². The Bertz CT molecular complexity index is 569. The highest BCUT2D eigenvalue weighted by Crippen LogP contribution is 2.55. The van der Waals surface area contributed by atoms with E-state index < -0.39 is 0 Å². The highest BCUT2D eigenvalue weighted by Gasteiger charge is 2.45. The average Bonchev–Trinajstić information content (AvgIpc) is 2.81. The van der Waals surface area contributed by atoms with Crippen LogP contribution in [0.4, 0.5) is 0 Å². The average molecular weight is 415 g/mol. The maximum absolute atomic E-state index is 6.08. The van der Waals surface area contributed by atoms with E-state index >= 15 is 0 Å². The summed E-state index contributed by atoms with van der Waals surface area (Å²) in [6, 6.07) is 2.40. The molecule has 30 heavy (non-hydrogen) atoms. The summed E-state index contributed by atoms with van der Waals surface area (Å²) in [4.78, 5) is 8.57. The second-order valence-electron chi connectivity index (χ2n) is 10.2. The van der Waals surface area contributed by atoms with E-state index in [1.807, 2.05) is 6.07 Å². The minimum absolute atomic E-state index is 0.548. The van der Waals surface area contributed by atoms with Gasteiger partial charge in [-0.2, -0.15) is 0 Å². The van der Waals surface area contributed by atoms with E-state index in [-0.39, 0.29) is 0 Å². The summed E-state index contributed by atoms with van der Waals surface area (Å²) in [6.45, 7) is 5.47. The summed E-state index contributed by atoms with van der Waals surface area (Å²) < 4.78 is 6.08. The van der Waals surface area contributed by atoms with Crippen LogP contribution in [0.1, 0.15) is 117 Å². The number of ether oxygens (including phenoxy) is 1. The molecule has 2 fully saturated rings. The molecule has 0 aliphatic heterocycles. The van der Waals surface area contributed by atoms with Gasteiger partial charge in [-0.15, -0.1) is 0 Å². The van der Waals surface area contributed by atoms with Gasteiger partial charge in [0.25, 0.3) is 0 Å². The minimum Gasteiger partial charge on any atom is -0.463 e. The molecule has 0 bridgehead atoms. The monoisotopic (exact) mass is 414 g/mol. The van der Waals surface area contributed by atoms with Crippen LogP contribution in [-0.4, -0.2) is 16.6 Å². The van der Waals surface area contributed by atoms with Gasteiger partial charge in [0.05, 0.1) is 6.61 Å². The first-order valence-electron chi connectivity index (χ1n) is 13.2. The van der Waals surface area contributed by atoms with E-state index in [0.29, 0.717) is 17.3 Å². The predicted molar refractivity (Wildman–Crippen MR) is 126 cm³/mol. The fraction of sp³-hybridized carbons (Fsp3) is 0.852. The molecule has 0 radical (unpaired) electrons. The topological polar surface area (TPSA) is 35.0 Å². The Morgan fingerprint density at radius 2 is 1.67 bits per heavy atom. The molecule has 3 atom stereocenters. The van der Waals surface area contributed by atoms with E-state index in [4.69, 9.17) is 4.74 Å². The second-order valence-corrected chi connectivity index (χ2v) is 10.2. The molecule has 3 nitrogen and oxygen atoms in total. The van der Waals surface area contributed by atoms with Crippen LogP contribution < -0.4 is 4.74 Å². The van der Waals surface area contributed by atoms with Crippen LogP contribution >= 0.6 is 0 Å². The smallest absolute Gasteiger partial charge is 0.316 e. The van der Waals surface area contributed by atoms with Crippen LogP contribution in [0.2, 0.25) is 0 Å². The largest absolute Gasteiger partial charge is 0.463 e. The van der Waals surface area contributed by atoms with Crippen molar-refractivity contribution in [2.24, 2.45) is 23.2 Å². The van der Waals surface area contributed by atoms with Gasteiger partial charge in [-0.1, -0.05) is 78.1 Å². The molecule has 2 aliphatic rings. The lowest BCUT2D eigenvalue weighted by atomic mass is 9.54. The number of aromatic nitrogens is 2.